The lowest BCUT2D eigenvalue weighted by atomic mass is 10.1. The van der Waals surface area contributed by atoms with Crippen molar-refractivity contribution < 1.29 is 9.21 Å². The van der Waals surface area contributed by atoms with Crippen molar-refractivity contribution in [3.05, 3.63) is 52.7 Å². The lowest BCUT2D eigenvalue weighted by Crippen LogP contribution is -2.11. The minimum absolute atomic E-state index is 0.0814. The van der Waals surface area contributed by atoms with E-state index in [0.29, 0.717) is 18.0 Å². The van der Waals surface area contributed by atoms with E-state index in [2.05, 4.69) is 34.6 Å². The van der Waals surface area contributed by atoms with Gasteiger partial charge in [-0.25, -0.2) is 0 Å². The van der Waals surface area contributed by atoms with Crippen molar-refractivity contribution in [3.8, 4) is 11.3 Å². The average molecular weight is 341 g/mol. The van der Waals surface area contributed by atoms with E-state index in [9.17, 15) is 4.79 Å². The normalized spacial score (nSPS) is 10.8. The van der Waals surface area contributed by atoms with Crippen molar-refractivity contribution in [1.29, 1.82) is 0 Å². The quantitative estimate of drug-likeness (QED) is 0.728. The van der Waals surface area contributed by atoms with Gasteiger partial charge in [0.05, 0.1) is 0 Å². The summed E-state index contributed by atoms with van der Waals surface area (Å²) in [5.74, 6) is 1.54. The molecule has 3 aromatic rings. The predicted octanol–water partition coefficient (Wildman–Crippen LogP) is 4.24. The number of carbonyl (C=O) groups excluding carboxylic acids is 1. The Labute approximate surface area is 144 Å². The molecule has 0 aliphatic rings. The Morgan fingerprint density at radius 3 is 2.67 bits per heavy atom. The van der Waals surface area contributed by atoms with E-state index in [1.165, 1.54) is 16.9 Å². The Balaban J connectivity index is 1.55. The molecule has 0 saturated heterocycles. The molecule has 0 aliphatic carbocycles. The van der Waals surface area contributed by atoms with E-state index < -0.39 is 0 Å². The number of aromatic nitrogens is 2. The van der Waals surface area contributed by atoms with Crippen LogP contribution in [0.25, 0.3) is 11.3 Å². The second-order valence-electron chi connectivity index (χ2n) is 5.53. The summed E-state index contributed by atoms with van der Waals surface area (Å²) in [4.78, 5) is 12.0. The zero-order valence-corrected chi connectivity index (χ0v) is 14.5. The molecule has 124 valence electrons. The average Bonchev–Trinajstić information content (AvgIpc) is 3.23. The van der Waals surface area contributed by atoms with Gasteiger partial charge in [0.1, 0.15) is 16.5 Å². The van der Waals surface area contributed by atoms with E-state index in [1.54, 1.807) is 0 Å². The molecule has 2 aromatic heterocycles. The van der Waals surface area contributed by atoms with E-state index >= 15 is 0 Å². The number of nitrogens with zero attached hydrogens (tertiary/aromatic N) is 2. The predicted molar refractivity (Wildman–Crippen MR) is 95.1 cm³/mol. The molecule has 1 amide bonds. The lowest BCUT2D eigenvalue weighted by molar-refractivity contribution is -0.116. The van der Waals surface area contributed by atoms with Crippen molar-refractivity contribution >= 4 is 22.4 Å². The molecule has 0 spiro atoms. The third-order valence-electron chi connectivity index (χ3n) is 3.61. The third-order valence-corrected chi connectivity index (χ3v) is 4.59. The van der Waals surface area contributed by atoms with Crippen LogP contribution in [0.3, 0.4) is 0 Å². The van der Waals surface area contributed by atoms with Crippen LogP contribution in [0.1, 0.15) is 29.7 Å². The van der Waals surface area contributed by atoms with Gasteiger partial charge < -0.3 is 9.73 Å². The fourth-order valence-corrected chi connectivity index (χ4v) is 2.95. The molecule has 1 N–H and O–H groups in total. The van der Waals surface area contributed by atoms with Crippen LogP contribution in [0.5, 0.6) is 0 Å². The monoisotopic (exact) mass is 341 g/mol. The summed E-state index contributed by atoms with van der Waals surface area (Å²) in [5.41, 5.74) is 2.25. The highest BCUT2D eigenvalue weighted by Crippen LogP contribution is 2.23. The van der Waals surface area contributed by atoms with Crippen LogP contribution in [-0.2, 0) is 17.6 Å². The summed E-state index contributed by atoms with van der Waals surface area (Å²) < 4.78 is 5.83. The van der Waals surface area contributed by atoms with Gasteiger partial charge in [0.2, 0.25) is 11.0 Å². The molecule has 0 aliphatic heterocycles. The topological polar surface area (TPSA) is 68.0 Å². The van der Waals surface area contributed by atoms with Crippen LogP contribution in [0.4, 0.5) is 5.13 Å². The summed E-state index contributed by atoms with van der Waals surface area (Å²) >= 11 is 1.41. The lowest BCUT2D eigenvalue weighted by Gasteiger charge is -2.00. The smallest absolute Gasteiger partial charge is 0.226 e. The Morgan fingerprint density at radius 2 is 1.96 bits per heavy atom. The number of amides is 1. The Morgan fingerprint density at radius 1 is 1.17 bits per heavy atom. The van der Waals surface area contributed by atoms with Gasteiger partial charge in [-0.15, -0.1) is 10.2 Å². The van der Waals surface area contributed by atoms with Crippen LogP contribution < -0.4 is 5.32 Å². The first kappa shape index (κ1) is 16.4. The largest absolute Gasteiger partial charge is 0.461 e. The summed E-state index contributed by atoms with van der Waals surface area (Å²) in [5, 5.41) is 12.2. The maximum absolute atomic E-state index is 12.0. The highest BCUT2D eigenvalue weighted by Gasteiger charge is 2.10. The van der Waals surface area contributed by atoms with Gasteiger partial charge >= 0.3 is 0 Å². The Hall–Kier alpha value is -2.47. The molecule has 6 heteroatoms. The maximum atomic E-state index is 12.0. The SMILES string of the molecule is CCc1nnc(NC(=O)CCc2ccc(-c3ccc(C)cc3)o2)s1. The number of benzene rings is 1. The zero-order chi connectivity index (χ0) is 16.9. The number of anilines is 1. The number of hydrogen-bond donors (Lipinski definition) is 1. The van der Waals surface area contributed by atoms with Crippen LogP contribution in [0, 0.1) is 6.92 Å². The number of furan rings is 1. The van der Waals surface area contributed by atoms with Crippen molar-refractivity contribution in [2.45, 2.75) is 33.1 Å². The van der Waals surface area contributed by atoms with Crippen LogP contribution in [-0.4, -0.2) is 16.1 Å². The van der Waals surface area contributed by atoms with Gasteiger partial charge in [0, 0.05) is 18.4 Å². The van der Waals surface area contributed by atoms with Crippen molar-refractivity contribution in [2.75, 3.05) is 5.32 Å². The molecule has 0 fully saturated rings. The number of carbonyl (C=O) groups is 1. The van der Waals surface area contributed by atoms with E-state index in [0.717, 1.165) is 28.5 Å². The van der Waals surface area contributed by atoms with Crippen LogP contribution in [0.2, 0.25) is 0 Å². The summed E-state index contributed by atoms with van der Waals surface area (Å²) in [6, 6.07) is 12.0. The van der Waals surface area contributed by atoms with Crippen LogP contribution in [0.15, 0.2) is 40.8 Å². The van der Waals surface area contributed by atoms with Gasteiger partial charge in [0.25, 0.3) is 0 Å². The molecule has 1 aromatic carbocycles. The molecule has 3 rings (SSSR count). The number of nitrogens with one attached hydrogen (secondary N) is 1. The zero-order valence-electron chi connectivity index (χ0n) is 13.7. The molecule has 0 bridgehead atoms. The molecule has 0 atom stereocenters. The molecule has 0 unspecified atom stereocenters. The first-order valence-electron chi connectivity index (χ1n) is 7.92. The van der Waals surface area contributed by atoms with E-state index in [-0.39, 0.29) is 5.91 Å². The first-order chi connectivity index (χ1) is 11.6. The highest BCUT2D eigenvalue weighted by atomic mass is 32.1. The summed E-state index contributed by atoms with van der Waals surface area (Å²) in [6.45, 7) is 4.06. The molecular formula is C18H19N3O2S. The van der Waals surface area contributed by atoms with Crippen LogP contribution >= 0.6 is 11.3 Å². The summed E-state index contributed by atoms with van der Waals surface area (Å²) in [7, 11) is 0. The fourth-order valence-electron chi connectivity index (χ4n) is 2.25. The molecular weight excluding hydrogens is 322 g/mol. The molecule has 24 heavy (non-hydrogen) atoms. The Kier molecular flexibility index (Phi) is 5.05. The third kappa shape index (κ3) is 4.08. The van der Waals surface area contributed by atoms with E-state index in [1.807, 2.05) is 31.2 Å². The second kappa shape index (κ2) is 7.40. The van der Waals surface area contributed by atoms with Gasteiger partial charge in [-0.3, -0.25) is 4.79 Å². The number of hydrogen-bond acceptors (Lipinski definition) is 5. The van der Waals surface area contributed by atoms with Crippen molar-refractivity contribution in [3.63, 3.8) is 0 Å². The molecule has 2 heterocycles. The van der Waals surface area contributed by atoms with E-state index in [4.69, 9.17) is 4.42 Å². The molecule has 0 saturated carbocycles. The van der Waals surface area contributed by atoms with Gasteiger partial charge in [-0.05, 0) is 25.5 Å². The Bertz CT molecular complexity index is 821. The number of aryl methyl sites for hydroxylation is 3. The fraction of sp³-hybridized carbons (Fsp3) is 0.278. The number of rotatable bonds is 6. The summed E-state index contributed by atoms with van der Waals surface area (Å²) in [6.07, 6.45) is 1.72. The van der Waals surface area contributed by atoms with Crippen molar-refractivity contribution in [2.24, 2.45) is 0 Å². The second-order valence-corrected chi connectivity index (χ2v) is 6.60. The first-order valence-corrected chi connectivity index (χ1v) is 8.73. The molecule has 0 radical (unpaired) electrons. The highest BCUT2D eigenvalue weighted by molar-refractivity contribution is 7.15. The minimum Gasteiger partial charge on any atom is -0.461 e. The maximum Gasteiger partial charge on any atom is 0.226 e. The van der Waals surface area contributed by atoms with Gasteiger partial charge in [-0.1, -0.05) is 48.1 Å². The standard InChI is InChI=1S/C18H19N3O2S/c1-3-17-20-21-18(24-17)19-16(22)11-9-14-8-10-15(23-14)13-6-4-12(2)5-7-13/h4-8,10H,3,9,11H2,1-2H3,(H,19,21,22). The van der Waals surface area contributed by atoms with Crippen molar-refractivity contribution in [1.82, 2.24) is 10.2 Å². The molecule has 5 nitrogen and oxygen atoms in total. The minimum atomic E-state index is -0.0814. The van der Waals surface area contributed by atoms with Gasteiger partial charge in [-0.2, -0.15) is 0 Å². The van der Waals surface area contributed by atoms with Gasteiger partial charge in [0.15, 0.2) is 0 Å².